The van der Waals surface area contributed by atoms with Crippen LogP contribution in [0.3, 0.4) is 0 Å². The fourth-order valence-electron chi connectivity index (χ4n) is 4.84. The Labute approximate surface area is 203 Å². The minimum Gasteiger partial charge on any atom is -0.502 e. The van der Waals surface area contributed by atoms with E-state index < -0.39 is 52.5 Å². The zero-order chi connectivity index (χ0) is 25.7. The zero-order valence-electron chi connectivity index (χ0n) is 19.1. The first-order valence-corrected chi connectivity index (χ1v) is 11.3. The molecule has 2 amide bonds. The largest absolute Gasteiger partial charge is 0.502 e. The standard InChI is InChI=1S/C25H22F2N4O5/c1-2-29-24(13-6-4-3-5-7-13)30-12-17(32)19-18(21(33)22(34)20(25(29)36)31(19)30)23(35)28-11-14-8-9-15(26)10-16(14)27/h3-10,17,24,32,34H,2,11-12H2,1H3,(H,28,35). The first-order chi connectivity index (χ1) is 17.2. The molecule has 0 fully saturated rings. The van der Waals surface area contributed by atoms with Crippen LogP contribution in [0.4, 0.5) is 8.78 Å². The van der Waals surface area contributed by atoms with E-state index in [2.05, 4.69) is 5.32 Å². The molecule has 0 saturated carbocycles. The summed E-state index contributed by atoms with van der Waals surface area (Å²) in [5.41, 5.74) is -1.47. The van der Waals surface area contributed by atoms with Crippen molar-refractivity contribution in [2.45, 2.75) is 25.7 Å². The maximum atomic E-state index is 14.0. The van der Waals surface area contributed by atoms with Gasteiger partial charge in [-0.1, -0.05) is 36.4 Å². The van der Waals surface area contributed by atoms with Gasteiger partial charge in [-0.15, -0.1) is 0 Å². The van der Waals surface area contributed by atoms with Gasteiger partial charge in [0.05, 0.1) is 12.2 Å². The SMILES string of the molecule is CCN1C(=O)c2c(O)c(=O)c(C(=O)NCc3ccc(F)cc3F)c3n2N(CC3O)C1c1ccccc1. The summed E-state index contributed by atoms with van der Waals surface area (Å²) < 4.78 is 28.4. The highest BCUT2D eigenvalue weighted by atomic mass is 19.1. The summed E-state index contributed by atoms with van der Waals surface area (Å²) in [5, 5.41) is 25.7. The van der Waals surface area contributed by atoms with Crippen LogP contribution >= 0.6 is 0 Å². The summed E-state index contributed by atoms with van der Waals surface area (Å²) >= 11 is 0. The second-order valence-electron chi connectivity index (χ2n) is 8.53. The smallest absolute Gasteiger partial charge is 0.278 e. The van der Waals surface area contributed by atoms with E-state index in [0.29, 0.717) is 6.07 Å². The van der Waals surface area contributed by atoms with Gasteiger partial charge in [-0.25, -0.2) is 13.5 Å². The quantitative estimate of drug-likeness (QED) is 0.497. The third-order valence-corrected chi connectivity index (χ3v) is 6.46. The van der Waals surface area contributed by atoms with Crippen molar-refractivity contribution in [2.24, 2.45) is 0 Å². The Morgan fingerprint density at radius 3 is 2.53 bits per heavy atom. The van der Waals surface area contributed by atoms with Crippen LogP contribution in [0.1, 0.15) is 56.9 Å². The molecule has 3 heterocycles. The molecule has 2 aliphatic heterocycles. The Morgan fingerprint density at radius 2 is 1.86 bits per heavy atom. The first-order valence-electron chi connectivity index (χ1n) is 11.3. The molecular formula is C25H22F2N4O5. The highest BCUT2D eigenvalue weighted by Crippen LogP contribution is 2.40. The van der Waals surface area contributed by atoms with Gasteiger partial charge >= 0.3 is 0 Å². The summed E-state index contributed by atoms with van der Waals surface area (Å²) in [5.74, 6) is -4.20. The minimum atomic E-state index is -1.34. The molecule has 0 saturated heterocycles. The average molecular weight is 496 g/mol. The molecule has 2 unspecified atom stereocenters. The summed E-state index contributed by atoms with van der Waals surface area (Å²) in [6.45, 7) is 1.56. The van der Waals surface area contributed by atoms with Crippen LogP contribution < -0.4 is 15.8 Å². The molecule has 0 radical (unpaired) electrons. The predicted molar refractivity (Wildman–Crippen MR) is 124 cm³/mol. The zero-order valence-corrected chi connectivity index (χ0v) is 19.1. The monoisotopic (exact) mass is 496 g/mol. The maximum absolute atomic E-state index is 14.0. The van der Waals surface area contributed by atoms with Crippen molar-refractivity contribution >= 4 is 11.8 Å². The molecule has 0 spiro atoms. The minimum absolute atomic E-state index is 0.0245. The van der Waals surface area contributed by atoms with Crippen LogP contribution in [0.25, 0.3) is 0 Å². The highest BCUT2D eigenvalue weighted by molar-refractivity contribution is 6.01. The Kier molecular flexibility index (Phi) is 5.71. The van der Waals surface area contributed by atoms with Crippen LogP contribution in [-0.2, 0) is 6.54 Å². The van der Waals surface area contributed by atoms with E-state index in [1.807, 2.05) is 18.2 Å². The van der Waals surface area contributed by atoms with Gasteiger partial charge in [0, 0.05) is 24.7 Å². The number of benzene rings is 2. The van der Waals surface area contributed by atoms with E-state index >= 15 is 0 Å². The van der Waals surface area contributed by atoms with Gasteiger partial charge in [0.15, 0.2) is 11.4 Å². The number of aromatic hydroxyl groups is 1. The lowest BCUT2D eigenvalue weighted by molar-refractivity contribution is 0.0582. The number of halogens is 2. The highest BCUT2D eigenvalue weighted by Gasteiger charge is 2.48. The van der Waals surface area contributed by atoms with Crippen molar-refractivity contribution in [2.75, 3.05) is 18.1 Å². The number of rotatable bonds is 5. The molecule has 9 nitrogen and oxygen atoms in total. The third-order valence-electron chi connectivity index (χ3n) is 6.46. The molecule has 0 aliphatic carbocycles. The van der Waals surface area contributed by atoms with Gasteiger partial charge in [-0.3, -0.25) is 19.4 Å². The van der Waals surface area contributed by atoms with Gasteiger partial charge < -0.3 is 20.4 Å². The molecule has 1 aromatic heterocycles. The number of nitrogens with zero attached hydrogens (tertiary/aromatic N) is 3. The number of nitrogens with one attached hydrogen (secondary N) is 1. The van der Waals surface area contributed by atoms with E-state index in [0.717, 1.165) is 17.7 Å². The van der Waals surface area contributed by atoms with Crippen LogP contribution in [0, 0.1) is 11.6 Å². The number of hydrogen-bond acceptors (Lipinski definition) is 6. The molecule has 3 N–H and O–H groups in total. The van der Waals surface area contributed by atoms with E-state index in [1.54, 1.807) is 24.1 Å². The first kappa shape index (κ1) is 23.5. The molecule has 5 rings (SSSR count). The topological polar surface area (TPSA) is 115 Å². The second-order valence-corrected chi connectivity index (χ2v) is 8.53. The number of aromatic nitrogens is 1. The maximum Gasteiger partial charge on any atom is 0.278 e. The van der Waals surface area contributed by atoms with E-state index in [-0.39, 0.29) is 36.6 Å². The number of amides is 2. The fraction of sp³-hybridized carbons (Fsp3) is 0.240. The van der Waals surface area contributed by atoms with Crippen LogP contribution in [0.2, 0.25) is 0 Å². The van der Waals surface area contributed by atoms with E-state index in [9.17, 15) is 33.4 Å². The van der Waals surface area contributed by atoms with Gasteiger partial charge in [0.25, 0.3) is 11.8 Å². The number of aliphatic hydroxyl groups excluding tert-OH is 1. The van der Waals surface area contributed by atoms with Crippen LogP contribution in [0.5, 0.6) is 5.75 Å². The lowest BCUT2D eigenvalue weighted by atomic mass is 10.1. The number of pyridine rings is 1. The Morgan fingerprint density at radius 1 is 1.14 bits per heavy atom. The summed E-state index contributed by atoms with van der Waals surface area (Å²) in [6.07, 6.45) is -2.01. The Bertz CT molecular complexity index is 1440. The molecule has 2 aliphatic rings. The van der Waals surface area contributed by atoms with Crippen LogP contribution in [-0.4, -0.2) is 44.7 Å². The van der Waals surface area contributed by atoms with Gasteiger partial charge in [0.1, 0.15) is 29.5 Å². The molecule has 2 aromatic carbocycles. The molecular weight excluding hydrogens is 474 g/mol. The normalized spacial score (nSPS) is 18.4. The predicted octanol–water partition coefficient (Wildman–Crippen LogP) is 1.92. The molecule has 36 heavy (non-hydrogen) atoms. The number of carbonyl (C=O) groups is 2. The van der Waals surface area contributed by atoms with E-state index in [1.165, 1.54) is 9.58 Å². The lowest BCUT2D eigenvalue weighted by Gasteiger charge is -2.44. The van der Waals surface area contributed by atoms with Crippen LogP contribution in [0.15, 0.2) is 53.3 Å². The molecule has 0 bridgehead atoms. The summed E-state index contributed by atoms with van der Waals surface area (Å²) in [7, 11) is 0. The van der Waals surface area contributed by atoms with Crippen molar-refractivity contribution in [3.05, 3.63) is 98.5 Å². The van der Waals surface area contributed by atoms with Crippen molar-refractivity contribution in [1.82, 2.24) is 14.9 Å². The number of aliphatic hydroxyl groups is 1. The Hall–Kier alpha value is -4.25. The van der Waals surface area contributed by atoms with Gasteiger partial charge in [-0.05, 0) is 18.6 Å². The van der Waals surface area contributed by atoms with Crippen molar-refractivity contribution in [3.8, 4) is 5.75 Å². The Balaban J connectivity index is 1.61. The van der Waals surface area contributed by atoms with Crippen molar-refractivity contribution in [3.63, 3.8) is 0 Å². The van der Waals surface area contributed by atoms with Crippen molar-refractivity contribution in [1.29, 1.82) is 0 Å². The molecule has 186 valence electrons. The molecule has 11 heteroatoms. The average Bonchev–Trinajstić information content (AvgIpc) is 3.18. The summed E-state index contributed by atoms with van der Waals surface area (Å²) in [4.78, 5) is 41.1. The summed E-state index contributed by atoms with van der Waals surface area (Å²) in [6, 6.07) is 11.9. The lowest BCUT2D eigenvalue weighted by Crippen LogP contribution is -2.55. The molecule has 3 aromatic rings. The molecule has 2 atom stereocenters. The second kappa shape index (κ2) is 8.76. The fourth-order valence-corrected chi connectivity index (χ4v) is 4.84. The number of carbonyl (C=O) groups excluding carboxylic acids is 2. The van der Waals surface area contributed by atoms with Gasteiger partial charge in [-0.2, -0.15) is 0 Å². The van der Waals surface area contributed by atoms with Crippen molar-refractivity contribution < 1.29 is 28.6 Å². The number of hydrogen-bond donors (Lipinski definition) is 3. The third kappa shape index (κ3) is 3.51. The van der Waals surface area contributed by atoms with Gasteiger partial charge in [0.2, 0.25) is 5.43 Å². The van der Waals surface area contributed by atoms with E-state index in [4.69, 9.17) is 0 Å².